The molecular weight excluding hydrogens is 797 g/mol. The SMILES string of the molecule is CC/C=C\C/C=C\C/C=C\C/C=C\CCCCCCC(=O)O[C@H](COC(=O)CCC/C=C\C[C@H]1[C@@H](O)CC(=O)[C@@H]1/C=C/[C@@H](O)CCCCC)COP(=O)(O)OCC[N+](C)(C)C. The predicted octanol–water partition coefficient (Wildman–Crippen LogP) is 9.61. The van der Waals surface area contributed by atoms with Crippen LogP contribution >= 0.6 is 7.82 Å². The standard InChI is InChI=1S/C48H80NO11P/c1-6-8-10-11-12-13-14-15-16-17-18-19-20-21-22-23-29-33-48(54)60-42(40-59-61(55,56)58-37-36-49(3,4)5)39-57-47(53)32-28-25-24-27-31-43-44(46(52)38-45(43)51)35-34-41(50)30-26-9-7-2/h8,10,12-13,15-16,18-19,24,27,34-35,41-45,50-51H,6-7,9,11,14,17,20-23,25-26,28-33,36-40H2,1-5H3/p+1/b10-8-,13-12-,16-15-,19-18-,27-24-,35-34+/t41-,42+,43+,44+,45-/m0/s1. The van der Waals surface area contributed by atoms with E-state index in [0.717, 1.165) is 70.6 Å². The van der Waals surface area contributed by atoms with Gasteiger partial charge in [-0.15, -0.1) is 0 Å². The Kier molecular flexibility index (Phi) is 31.7. The summed E-state index contributed by atoms with van der Waals surface area (Å²) in [5.74, 6) is -1.77. The smallest absolute Gasteiger partial charge is 0.462 e. The minimum absolute atomic E-state index is 0.0201. The number of rotatable bonds is 36. The number of nitrogens with zero attached hydrogens (tertiary/aromatic N) is 1. The summed E-state index contributed by atoms with van der Waals surface area (Å²) in [6.45, 7) is 3.85. The monoisotopic (exact) mass is 879 g/mol. The highest BCUT2D eigenvalue weighted by Gasteiger charge is 2.39. The number of ether oxygens (including phenoxy) is 2. The molecule has 0 aliphatic heterocycles. The van der Waals surface area contributed by atoms with E-state index in [1.165, 1.54) is 0 Å². The molecule has 0 saturated heterocycles. The number of allylic oxidation sites excluding steroid dienone is 11. The van der Waals surface area contributed by atoms with Crippen LogP contribution in [0.1, 0.15) is 136 Å². The number of aliphatic hydroxyl groups excluding tert-OH is 2. The van der Waals surface area contributed by atoms with Crippen molar-refractivity contribution in [2.75, 3.05) is 47.5 Å². The Hall–Kier alpha value is -2.96. The lowest BCUT2D eigenvalue weighted by Crippen LogP contribution is -2.37. The predicted molar refractivity (Wildman–Crippen MR) is 243 cm³/mol. The number of likely N-dealkylation sites (N-methyl/N-ethyl adjacent to an activating group) is 1. The van der Waals surface area contributed by atoms with Crippen LogP contribution in [-0.4, -0.2) is 103 Å². The number of quaternary nitrogens is 1. The average Bonchev–Trinajstić information content (AvgIpc) is 3.47. The number of Topliss-reactive ketones (excluding diaryl/α,β-unsaturated/α-hetero) is 1. The molecule has 0 amide bonds. The van der Waals surface area contributed by atoms with Crippen LogP contribution in [0, 0.1) is 11.8 Å². The second-order valence-corrected chi connectivity index (χ2v) is 18.3. The number of esters is 2. The summed E-state index contributed by atoms with van der Waals surface area (Å²) in [4.78, 5) is 48.1. The van der Waals surface area contributed by atoms with Crippen molar-refractivity contribution in [1.29, 1.82) is 0 Å². The van der Waals surface area contributed by atoms with E-state index in [2.05, 4.69) is 62.5 Å². The van der Waals surface area contributed by atoms with Crippen molar-refractivity contribution in [2.24, 2.45) is 11.8 Å². The number of aliphatic hydroxyl groups is 2. The summed E-state index contributed by atoms with van der Waals surface area (Å²) in [5.41, 5.74) is 0. The summed E-state index contributed by atoms with van der Waals surface area (Å²) >= 11 is 0. The van der Waals surface area contributed by atoms with E-state index in [0.29, 0.717) is 43.1 Å². The summed E-state index contributed by atoms with van der Waals surface area (Å²) in [6, 6.07) is 0. The molecule has 0 spiro atoms. The van der Waals surface area contributed by atoms with Crippen molar-refractivity contribution >= 4 is 25.5 Å². The van der Waals surface area contributed by atoms with Crippen molar-refractivity contribution in [1.82, 2.24) is 0 Å². The van der Waals surface area contributed by atoms with E-state index >= 15 is 0 Å². The number of hydrogen-bond acceptors (Lipinski definition) is 10. The van der Waals surface area contributed by atoms with Crippen molar-refractivity contribution in [2.45, 2.75) is 154 Å². The van der Waals surface area contributed by atoms with E-state index in [4.69, 9.17) is 18.5 Å². The molecule has 348 valence electrons. The minimum Gasteiger partial charge on any atom is -0.462 e. The molecule has 3 N–H and O–H groups in total. The molecule has 1 unspecified atom stereocenters. The molecule has 61 heavy (non-hydrogen) atoms. The fourth-order valence-electron chi connectivity index (χ4n) is 6.45. The lowest BCUT2D eigenvalue weighted by molar-refractivity contribution is -0.870. The van der Waals surface area contributed by atoms with Crippen molar-refractivity contribution < 1.29 is 57.1 Å². The number of carbonyl (C=O) groups is 3. The van der Waals surface area contributed by atoms with E-state index < -0.39 is 50.6 Å². The van der Waals surface area contributed by atoms with Gasteiger partial charge in [0.2, 0.25) is 0 Å². The van der Waals surface area contributed by atoms with Crippen LogP contribution in [0.5, 0.6) is 0 Å². The Morgan fingerprint density at radius 2 is 1.41 bits per heavy atom. The fourth-order valence-corrected chi connectivity index (χ4v) is 7.20. The second-order valence-electron chi connectivity index (χ2n) is 16.8. The molecule has 13 heteroatoms. The molecule has 1 rings (SSSR count). The number of unbranched alkanes of at least 4 members (excludes halogenated alkanes) is 7. The summed E-state index contributed by atoms with van der Waals surface area (Å²) in [7, 11) is 1.30. The van der Waals surface area contributed by atoms with Gasteiger partial charge < -0.3 is 29.1 Å². The third kappa shape index (κ3) is 31.5. The van der Waals surface area contributed by atoms with Crippen LogP contribution in [0.4, 0.5) is 0 Å². The molecule has 0 heterocycles. The van der Waals surface area contributed by atoms with Gasteiger partial charge in [-0.05, 0) is 70.6 Å². The quantitative estimate of drug-likeness (QED) is 0.0180. The summed E-state index contributed by atoms with van der Waals surface area (Å²) in [6.07, 6.45) is 36.0. The van der Waals surface area contributed by atoms with Gasteiger partial charge in [0.1, 0.15) is 25.5 Å². The first-order valence-corrected chi connectivity index (χ1v) is 24.3. The Morgan fingerprint density at radius 1 is 0.787 bits per heavy atom. The van der Waals surface area contributed by atoms with Crippen LogP contribution in [0.2, 0.25) is 0 Å². The maximum atomic E-state index is 12.7. The Labute approximate surface area is 368 Å². The van der Waals surface area contributed by atoms with Crippen molar-refractivity contribution in [3.63, 3.8) is 0 Å². The molecule has 1 fully saturated rings. The van der Waals surface area contributed by atoms with Crippen LogP contribution in [0.15, 0.2) is 72.9 Å². The maximum Gasteiger partial charge on any atom is 0.472 e. The zero-order valence-electron chi connectivity index (χ0n) is 38.1. The third-order valence-corrected chi connectivity index (χ3v) is 11.1. The van der Waals surface area contributed by atoms with Gasteiger partial charge in [-0.2, -0.15) is 0 Å². The molecule has 1 saturated carbocycles. The minimum atomic E-state index is -4.45. The van der Waals surface area contributed by atoms with Crippen molar-refractivity contribution in [3.05, 3.63) is 72.9 Å². The molecule has 12 nitrogen and oxygen atoms in total. The van der Waals surface area contributed by atoms with E-state index in [-0.39, 0.29) is 44.2 Å². The summed E-state index contributed by atoms with van der Waals surface area (Å²) < 4.78 is 34.2. The van der Waals surface area contributed by atoms with Gasteiger partial charge in [0.25, 0.3) is 0 Å². The van der Waals surface area contributed by atoms with Gasteiger partial charge in [-0.3, -0.25) is 23.4 Å². The average molecular weight is 879 g/mol. The van der Waals surface area contributed by atoms with Gasteiger partial charge in [0.05, 0.1) is 40.0 Å². The number of hydrogen-bond donors (Lipinski definition) is 3. The number of phosphoric acid groups is 1. The van der Waals surface area contributed by atoms with E-state index in [9.17, 15) is 34.1 Å². The van der Waals surface area contributed by atoms with Crippen LogP contribution in [0.25, 0.3) is 0 Å². The maximum absolute atomic E-state index is 12.7. The first kappa shape index (κ1) is 56.1. The number of carbonyl (C=O) groups excluding carboxylic acids is 3. The molecule has 0 aromatic carbocycles. The largest absolute Gasteiger partial charge is 0.472 e. The Balaban J connectivity index is 2.52. The topological polar surface area (TPSA) is 166 Å². The lowest BCUT2D eigenvalue weighted by atomic mass is 9.90. The molecule has 0 bridgehead atoms. The van der Waals surface area contributed by atoms with Gasteiger partial charge in [0, 0.05) is 31.1 Å². The zero-order chi connectivity index (χ0) is 45.2. The third-order valence-electron chi connectivity index (χ3n) is 10.1. The number of phosphoric ester groups is 1. The first-order chi connectivity index (χ1) is 29.2. The van der Waals surface area contributed by atoms with Gasteiger partial charge in [0.15, 0.2) is 6.10 Å². The molecule has 0 radical (unpaired) electrons. The van der Waals surface area contributed by atoms with E-state index in [1.54, 1.807) is 12.2 Å². The molecule has 6 atom stereocenters. The molecule has 0 aromatic rings. The lowest BCUT2D eigenvalue weighted by Gasteiger charge is -2.24. The highest BCUT2D eigenvalue weighted by atomic mass is 31.2. The zero-order valence-corrected chi connectivity index (χ0v) is 39.0. The number of ketones is 1. The van der Waals surface area contributed by atoms with Crippen LogP contribution in [0.3, 0.4) is 0 Å². The van der Waals surface area contributed by atoms with Gasteiger partial charge in [-0.25, -0.2) is 4.57 Å². The molecule has 0 aromatic heterocycles. The molecular formula is C48H81NO11P+. The van der Waals surface area contributed by atoms with E-state index in [1.807, 2.05) is 33.3 Å². The summed E-state index contributed by atoms with van der Waals surface area (Å²) in [5, 5.41) is 20.7. The van der Waals surface area contributed by atoms with Crippen molar-refractivity contribution in [3.8, 4) is 0 Å². The molecule has 1 aliphatic carbocycles. The normalized spacial score (nSPS) is 19.7. The highest BCUT2D eigenvalue weighted by molar-refractivity contribution is 7.47. The molecule has 1 aliphatic rings. The highest BCUT2D eigenvalue weighted by Crippen LogP contribution is 2.43. The second kappa shape index (κ2) is 34.5. The van der Waals surface area contributed by atoms with Crippen LogP contribution in [-0.2, 0) is 37.5 Å². The Morgan fingerprint density at radius 3 is 2.08 bits per heavy atom. The Bertz CT molecular complexity index is 1430. The fraction of sp³-hybridized carbons (Fsp3) is 0.688. The van der Waals surface area contributed by atoms with Crippen LogP contribution < -0.4 is 0 Å². The van der Waals surface area contributed by atoms with Gasteiger partial charge in [-0.1, -0.05) is 119 Å². The first-order valence-electron chi connectivity index (χ1n) is 22.8. The van der Waals surface area contributed by atoms with Gasteiger partial charge >= 0.3 is 19.8 Å².